The molecule has 10 heteroatoms. The lowest BCUT2D eigenvalue weighted by molar-refractivity contribution is -0.385. The number of nitro benzene ring substituents is 1. The first-order valence-corrected chi connectivity index (χ1v) is 7.25. The first-order valence-electron chi connectivity index (χ1n) is 7.25. The Kier molecular flexibility index (Phi) is 4.80. The van der Waals surface area contributed by atoms with Crippen molar-refractivity contribution in [1.82, 2.24) is 5.16 Å². The standard InChI is InChI=1S/C15H14N2O8/c1-9-2-13(16-25-9)22-7-14(18)23-6-11-4-12(17(19)20)3-10-5-21-8-24-15(10)11/h2-4H,5-8H2,1H3. The number of aromatic nitrogens is 1. The normalized spacial score (nSPS) is 12.8. The van der Waals surface area contributed by atoms with E-state index in [4.69, 9.17) is 23.5 Å². The summed E-state index contributed by atoms with van der Waals surface area (Å²) in [6.45, 7) is 1.34. The summed E-state index contributed by atoms with van der Waals surface area (Å²) in [6, 6.07) is 4.20. The van der Waals surface area contributed by atoms with Crippen LogP contribution < -0.4 is 9.47 Å². The Morgan fingerprint density at radius 2 is 2.24 bits per heavy atom. The van der Waals surface area contributed by atoms with E-state index < -0.39 is 10.9 Å². The first kappa shape index (κ1) is 16.7. The molecule has 2 aromatic rings. The van der Waals surface area contributed by atoms with Crippen molar-refractivity contribution < 1.29 is 33.2 Å². The zero-order valence-electron chi connectivity index (χ0n) is 13.2. The van der Waals surface area contributed by atoms with Gasteiger partial charge in [0.1, 0.15) is 18.1 Å². The third-order valence-electron chi connectivity index (χ3n) is 3.32. The summed E-state index contributed by atoms with van der Waals surface area (Å²) < 4.78 is 25.5. The second-order valence-corrected chi connectivity index (χ2v) is 5.19. The van der Waals surface area contributed by atoms with Crippen LogP contribution in [0.1, 0.15) is 16.9 Å². The molecular weight excluding hydrogens is 336 g/mol. The SMILES string of the molecule is Cc1cc(OCC(=O)OCc2cc([N+](=O)[O-])cc3c2OCOC3)no1. The van der Waals surface area contributed by atoms with Crippen molar-refractivity contribution in [2.24, 2.45) is 0 Å². The van der Waals surface area contributed by atoms with Gasteiger partial charge in [-0.05, 0) is 12.1 Å². The third kappa shape index (κ3) is 4.04. The van der Waals surface area contributed by atoms with Crippen LogP contribution in [0.4, 0.5) is 5.69 Å². The highest BCUT2D eigenvalue weighted by Crippen LogP contribution is 2.33. The van der Waals surface area contributed by atoms with E-state index in [0.29, 0.717) is 22.6 Å². The van der Waals surface area contributed by atoms with Gasteiger partial charge >= 0.3 is 5.97 Å². The van der Waals surface area contributed by atoms with Crippen LogP contribution in [0.25, 0.3) is 0 Å². The number of hydrogen-bond acceptors (Lipinski definition) is 9. The van der Waals surface area contributed by atoms with Gasteiger partial charge in [0, 0.05) is 29.3 Å². The number of carbonyl (C=O) groups is 1. The molecule has 0 saturated heterocycles. The molecule has 1 aliphatic heterocycles. The van der Waals surface area contributed by atoms with Crippen LogP contribution in [0.15, 0.2) is 22.7 Å². The molecule has 1 aliphatic rings. The van der Waals surface area contributed by atoms with Crippen molar-refractivity contribution in [3.63, 3.8) is 0 Å². The Balaban J connectivity index is 1.64. The summed E-state index contributed by atoms with van der Waals surface area (Å²) in [4.78, 5) is 22.3. The number of non-ortho nitro benzene ring substituents is 1. The van der Waals surface area contributed by atoms with Crippen LogP contribution in [0.3, 0.4) is 0 Å². The molecule has 0 bridgehead atoms. The van der Waals surface area contributed by atoms with Crippen LogP contribution in [-0.2, 0) is 27.5 Å². The Morgan fingerprint density at radius 1 is 1.40 bits per heavy atom. The molecule has 1 aromatic carbocycles. The molecule has 0 unspecified atom stereocenters. The number of fused-ring (bicyclic) bond motifs is 1. The minimum absolute atomic E-state index is 0.0282. The molecule has 0 amide bonds. The molecule has 0 aliphatic carbocycles. The zero-order valence-corrected chi connectivity index (χ0v) is 13.2. The minimum Gasteiger partial charge on any atom is -0.467 e. The predicted octanol–water partition coefficient (Wildman–Crippen LogP) is 1.88. The Morgan fingerprint density at radius 3 is 2.96 bits per heavy atom. The van der Waals surface area contributed by atoms with Gasteiger partial charge in [0.2, 0.25) is 0 Å². The summed E-state index contributed by atoms with van der Waals surface area (Å²) in [5.74, 6) is 0.485. The van der Waals surface area contributed by atoms with Crippen molar-refractivity contribution in [1.29, 1.82) is 0 Å². The summed E-state index contributed by atoms with van der Waals surface area (Å²) in [7, 11) is 0. The molecule has 0 radical (unpaired) electrons. The van der Waals surface area contributed by atoms with E-state index in [1.807, 2.05) is 0 Å². The average Bonchev–Trinajstić information content (AvgIpc) is 3.03. The lowest BCUT2D eigenvalue weighted by Gasteiger charge is -2.20. The number of carbonyl (C=O) groups excluding carboxylic acids is 1. The quantitative estimate of drug-likeness (QED) is 0.436. The van der Waals surface area contributed by atoms with Gasteiger partial charge in [0.15, 0.2) is 13.4 Å². The fourth-order valence-corrected chi connectivity index (χ4v) is 2.24. The number of nitro groups is 1. The summed E-state index contributed by atoms with van der Waals surface area (Å²) in [5, 5.41) is 14.6. The second-order valence-electron chi connectivity index (χ2n) is 5.19. The number of nitrogens with zero attached hydrogens (tertiary/aromatic N) is 2. The molecule has 1 aromatic heterocycles. The molecule has 0 fully saturated rings. The number of esters is 1. The topological polar surface area (TPSA) is 123 Å². The fourth-order valence-electron chi connectivity index (χ4n) is 2.24. The number of rotatable bonds is 6. The summed E-state index contributed by atoms with van der Waals surface area (Å²) in [6.07, 6.45) is 0. The van der Waals surface area contributed by atoms with E-state index in [1.54, 1.807) is 6.92 Å². The Bertz CT molecular complexity index is 801. The monoisotopic (exact) mass is 350 g/mol. The maximum Gasteiger partial charge on any atom is 0.344 e. The minimum atomic E-state index is -0.659. The van der Waals surface area contributed by atoms with Gasteiger partial charge in [0.25, 0.3) is 11.6 Å². The Labute approximate surface area is 141 Å². The van der Waals surface area contributed by atoms with Gasteiger partial charge in [-0.1, -0.05) is 0 Å². The second kappa shape index (κ2) is 7.18. The summed E-state index contributed by atoms with van der Waals surface area (Å²) in [5.41, 5.74) is 0.784. The van der Waals surface area contributed by atoms with E-state index in [1.165, 1.54) is 18.2 Å². The van der Waals surface area contributed by atoms with Crippen molar-refractivity contribution in [3.8, 4) is 11.6 Å². The first-order chi connectivity index (χ1) is 12.0. The van der Waals surface area contributed by atoms with E-state index in [2.05, 4.69) is 5.16 Å². The van der Waals surface area contributed by atoms with Crippen LogP contribution in [0.5, 0.6) is 11.6 Å². The smallest absolute Gasteiger partial charge is 0.344 e. The highest BCUT2D eigenvalue weighted by Gasteiger charge is 2.22. The largest absolute Gasteiger partial charge is 0.467 e. The molecule has 2 heterocycles. The molecule has 0 atom stereocenters. The van der Waals surface area contributed by atoms with E-state index in [-0.39, 0.29) is 38.2 Å². The summed E-state index contributed by atoms with van der Waals surface area (Å²) >= 11 is 0. The highest BCUT2D eigenvalue weighted by atomic mass is 16.7. The van der Waals surface area contributed by atoms with Crippen LogP contribution in [0.2, 0.25) is 0 Å². The average molecular weight is 350 g/mol. The third-order valence-corrected chi connectivity index (χ3v) is 3.32. The van der Waals surface area contributed by atoms with E-state index in [0.717, 1.165) is 0 Å². The van der Waals surface area contributed by atoms with Gasteiger partial charge < -0.3 is 23.5 Å². The van der Waals surface area contributed by atoms with Gasteiger partial charge in [-0.3, -0.25) is 10.1 Å². The van der Waals surface area contributed by atoms with Crippen LogP contribution in [-0.4, -0.2) is 29.4 Å². The molecule has 0 N–H and O–H groups in total. The van der Waals surface area contributed by atoms with Gasteiger partial charge in [0.05, 0.1) is 11.5 Å². The zero-order chi connectivity index (χ0) is 17.8. The Hall–Kier alpha value is -3.14. The van der Waals surface area contributed by atoms with Crippen LogP contribution >= 0.6 is 0 Å². The number of benzene rings is 1. The molecule has 25 heavy (non-hydrogen) atoms. The number of hydrogen-bond donors (Lipinski definition) is 0. The lowest BCUT2D eigenvalue weighted by atomic mass is 10.1. The van der Waals surface area contributed by atoms with Crippen LogP contribution in [0, 0.1) is 17.0 Å². The van der Waals surface area contributed by atoms with Crippen molar-refractivity contribution in [2.45, 2.75) is 20.1 Å². The molecule has 0 spiro atoms. The fraction of sp³-hybridized carbons (Fsp3) is 0.333. The van der Waals surface area contributed by atoms with Crippen molar-refractivity contribution >= 4 is 11.7 Å². The maximum absolute atomic E-state index is 11.8. The van der Waals surface area contributed by atoms with Gasteiger partial charge in [-0.15, -0.1) is 0 Å². The number of aryl methyl sites for hydroxylation is 1. The molecule has 10 nitrogen and oxygen atoms in total. The van der Waals surface area contributed by atoms with Crippen molar-refractivity contribution in [2.75, 3.05) is 13.4 Å². The number of ether oxygens (including phenoxy) is 4. The molecule has 0 saturated carbocycles. The highest BCUT2D eigenvalue weighted by molar-refractivity contribution is 5.71. The predicted molar refractivity (Wildman–Crippen MR) is 79.9 cm³/mol. The van der Waals surface area contributed by atoms with E-state index >= 15 is 0 Å². The molecule has 3 rings (SSSR count). The van der Waals surface area contributed by atoms with Crippen molar-refractivity contribution in [3.05, 3.63) is 45.2 Å². The van der Waals surface area contributed by atoms with E-state index in [9.17, 15) is 14.9 Å². The molecule has 132 valence electrons. The molecular formula is C15H14N2O8. The lowest BCUT2D eigenvalue weighted by Crippen LogP contribution is -2.17. The van der Waals surface area contributed by atoms with Gasteiger partial charge in [-0.25, -0.2) is 4.79 Å². The van der Waals surface area contributed by atoms with Gasteiger partial charge in [-0.2, -0.15) is 0 Å². The maximum atomic E-state index is 11.8.